The first-order chi connectivity index (χ1) is 24.8. The normalized spacial score (nSPS) is 12.4. The summed E-state index contributed by atoms with van der Waals surface area (Å²) in [6.07, 6.45) is 0. The molecule has 2 nitrogen and oxygen atoms in total. The molecule has 11 aromatic rings. The number of fused-ring (bicyclic) bond motifs is 14. The van der Waals surface area contributed by atoms with Crippen LogP contribution >= 0.6 is 0 Å². The zero-order valence-electron chi connectivity index (χ0n) is 27.1. The van der Waals surface area contributed by atoms with Crippen LogP contribution in [0.4, 0.5) is 0 Å². The van der Waals surface area contributed by atoms with E-state index < -0.39 is 0 Å². The van der Waals surface area contributed by atoms with Crippen molar-refractivity contribution in [2.75, 3.05) is 0 Å². The molecule has 12 rings (SSSR count). The lowest BCUT2D eigenvalue weighted by molar-refractivity contribution is 1.18. The van der Waals surface area contributed by atoms with Crippen molar-refractivity contribution in [2.45, 2.75) is 0 Å². The minimum Gasteiger partial charge on any atom is -0.309 e. The third-order valence-electron chi connectivity index (χ3n) is 11.2. The van der Waals surface area contributed by atoms with Gasteiger partial charge in [-0.1, -0.05) is 133 Å². The highest BCUT2D eigenvalue weighted by atomic mass is 15.0. The Kier molecular flexibility index (Phi) is 5.00. The summed E-state index contributed by atoms with van der Waals surface area (Å²) in [5.74, 6) is 0. The highest BCUT2D eigenvalue weighted by molar-refractivity contribution is 6.36. The summed E-state index contributed by atoms with van der Waals surface area (Å²) >= 11 is 0. The average Bonchev–Trinajstić information content (AvgIpc) is 3.82. The van der Waals surface area contributed by atoms with Crippen LogP contribution in [-0.4, -0.2) is 9.13 Å². The lowest BCUT2D eigenvalue weighted by Gasteiger charge is -2.14. The molecule has 0 N–H and O–H groups in total. The molecule has 1 aliphatic rings. The monoisotopic (exact) mass is 632 g/mol. The van der Waals surface area contributed by atoms with Crippen molar-refractivity contribution in [3.8, 4) is 33.6 Å². The molecule has 0 radical (unpaired) electrons. The van der Waals surface area contributed by atoms with Crippen LogP contribution in [0.1, 0.15) is 0 Å². The Bertz CT molecular complexity index is 3260. The molecule has 2 aromatic heterocycles. The van der Waals surface area contributed by atoms with E-state index in [0.717, 1.165) is 0 Å². The van der Waals surface area contributed by atoms with Gasteiger partial charge in [0.2, 0.25) is 0 Å². The van der Waals surface area contributed by atoms with E-state index in [1.54, 1.807) is 0 Å². The molecule has 0 saturated carbocycles. The summed E-state index contributed by atoms with van der Waals surface area (Å²) in [7, 11) is 0. The van der Waals surface area contributed by atoms with Crippen molar-refractivity contribution in [2.24, 2.45) is 0 Å². The van der Waals surface area contributed by atoms with Crippen LogP contribution in [0, 0.1) is 0 Å². The molecule has 2 heterocycles. The van der Waals surface area contributed by atoms with Gasteiger partial charge >= 0.3 is 0 Å². The zero-order valence-corrected chi connectivity index (χ0v) is 27.1. The van der Waals surface area contributed by atoms with Crippen LogP contribution in [0.5, 0.6) is 0 Å². The summed E-state index contributed by atoms with van der Waals surface area (Å²) in [5, 5.41) is 12.8. The minimum absolute atomic E-state index is 1.17. The van der Waals surface area contributed by atoms with Gasteiger partial charge in [0, 0.05) is 38.3 Å². The number of benzene rings is 9. The maximum atomic E-state index is 2.53. The fourth-order valence-electron chi connectivity index (χ4n) is 9.16. The van der Waals surface area contributed by atoms with E-state index in [1.165, 1.54) is 110 Å². The summed E-state index contributed by atoms with van der Waals surface area (Å²) in [6, 6.07) is 63.0. The molecule has 0 fully saturated rings. The van der Waals surface area contributed by atoms with Gasteiger partial charge < -0.3 is 9.13 Å². The van der Waals surface area contributed by atoms with E-state index in [-0.39, 0.29) is 0 Å². The summed E-state index contributed by atoms with van der Waals surface area (Å²) < 4.78 is 5.04. The third kappa shape index (κ3) is 3.28. The molecule has 0 atom stereocenters. The maximum absolute atomic E-state index is 2.53. The molecule has 50 heavy (non-hydrogen) atoms. The average molecular weight is 633 g/mol. The van der Waals surface area contributed by atoms with Crippen molar-refractivity contribution in [3.05, 3.63) is 170 Å². The SMILES string of the molecule is c1ccc2cc(-n3c4ccccc4c4c5ccccc5c5c(c6ccccc6n5-c5ccc6c(c5)-c5cccc7cccc-6c57)c43)ccc2c1. The quantitative estimate of drug-likeness (QED) is 0.179. The Balaban J connectivity index is 1.28. The molecule has 0 saturated heterocycles. The summed E-state index contributed by atoms with van der Waals surface area (Å²) in [6.45, 7) is 0. The Labute approximate surface area is 287 Å². The number of para-hydroxylation sites is 2. The molecule has 1 aliphatic carbocycles. The molecule has 0 unspecified atom stereocenters. The minimum atomic E-state index is 1.17. The number of hydrogen-bond donors (Lipinski definition) is 0. The fourth-order valence-corrected chi connectivity index (χ4v) is 9.16. The molecular weight excluding hydrogens is 605 g/mol. The fraction of sp³-hybridized carbons (Fsp3) is 0. The maximum Gasteiger partial charge on any atom is 0.0647 e. The van der Waals surface area contributed by atoms with E-state index in [4.69, 9.17) is 0 Å². The summed E-state index contributed by atoms with van der Waals surface area (Å²) in [4.78, 5) is 0. The van der Waals surface area contributed by atoms with Crippen molar-refractivity contribution in [3.63, 3.8) is 0 Å². The van der Waals surface area contributed by atoms with Gasteiger partial charge in [-0.2, -0.15) is 0 Å². The first-order valence-corrected chi connectivity index (χ1v) is 17.4. The van der Waals surface area contributed by atoms with Gasteiger partial charge in [0.15, 0.2) is 0 Å². The van der Waals surface area contributed by atoms with E-state index in [0.29, 0.717) is 0 Å². The van der Waals surface area contributed by atoms with Crippen LogP contribution in [0.2, 0.25) is 0 Å². The van der Waals surface area contributed by atoms with Crippen LogP contribution in [0.25, 0.3) is 110 Å². The smallest absolute Gasteiger partial charge is 0.0647 e. The standard InChI is InChI=1S/C48H28N2/c1-2-12-31-27-32(24-23-29(31)11-1)50-42-21-7-5-17-39(42)45-36-15-3-4-16-38(36)47-46(48(45)50)40-18-6-8-22-43(40)49(47)33-25-26-34-35-19-9-13-30-14-10-20-37(44(30)35)41(34)28-33/h1-28H. The van der Waals surface area contributed by atoms with Crippen molar-refractivity contribution >= 4 is 75.9 Å². The molecule has 0 spiro atoms. The predicted octanol–water partition coefficient (Wildman–Crippen LogP) is 13.0. The first kappa shape index (κ1) is 26.3. The molecule has 0 amide bonds. The van der Waals surface area contributed by atoms with Crippen LogP contribution in [0.3, 0.4) is 0 Å². The van der Waals surface area contributed by atoms with Gasteiger partial charge in [-0.05, 0) is 85.6 Å². The van der Waals surface area contributed by atoms with E-state index in [1.807, 2.05) is 0 Å². The second-order valence-electron chi connectivity index (χ2n) is 13.7. The zero-order chi connectivity index (χ0) is 32.5. The number of rotatable bonds is 2. The number of aromatic nitrogens is 2. The Morgan fingerprint density at radius 2 is 0.840 bits per heavy atom. The van der Waals surface area contributed by atoms with Crippen molar-refractivity contribution < 1.29 is 0 Å². The molecule has 0 bridgehead atoms. The van der Waals surface area contributed by atoms with Crippen molar-refractivity contribution in [1.29, 1.82) is 0 Å². The Morgan fingerprint density at radius 3 is 1.62 bits per heavy atom. The largest absolute Gasteiger partial charge is 0.309 e. The van der Waals surface area contributed by atoms with E-state index >= 15 is 0 Å². The van der Waals surface area contributed by atoms with Crippen LogP contribution in [0.15, 0.2) is 170 Å². The van der Waals surface area contributed by atoms with Gasteiger partial charge in [0.25, 0.3) is 0 Å². The van der Waals surface area contributed by atoms with Crippen LogP contribution < -0.4 is 0 Å². The van der Waals surface area contributed by atoms with E-state index in [2.05, 4.69) is 179 Å². The first-order valence-electron chi connectivity index (χ1n) is 17.4. The van der Waals surface area contributed by atoms with Gasteiger partial charge in [-0.25, -0.2) is 0 Å². The van der Waals surface area contributed by atoms with Gasteiger partial charge in [-0.3, -0.25) is 0 Å². The van der Waals surface area contributed by atoms with Gasteiger partial charge in [0.1, 0.15) is 0 Å². The molecular formula is C48H28N2. The topological polar surface area (TPSA) is 9.86 Å². The predicted molar refractivity (Wildman–Crippen MR) is 212 cm³/mol. The highest BCUT2D eigenvalue weighted by Gasteiger charge is 2.26. The Morgan fingerprint density at radius 1 is 0.280 bits per heavy atom. The number of hydrogen-bond acceptors (Lipinski definition) is 0. The lowest BCUT2D eigenvalue weighted by Crippen LogP contribution is -1.97. The molecule has 230 valence electrons. The lowest BCUT2D eigenvalue weighted by atomic mass is 9.99. The third-order valence-corrected chi connectivity index (χ3v) is 11.2. The van der Waals surface area contributed by atoms with Gasteiger partial charge in [0.05, 0.1) is 22.1 Å². The second-order valence-corrected chi connectivity index (χ2v) is 13.7. The van der Waals surface area contributed by atoms with Crippen molar-refractivity contribution in [1.82, 2.24) is 9.13 Å². The van der Waals surface area contributed by atoms with Crippen LogP contribution in [-0.2, 0) is 0 Å². The highest BCUT2D eigenvalue weighted by Crippen LogP contribution is 2.50. The second kappa shape index (κ2) is 9.49. The molecule has 2 heteroatoms. The van der Waals surface area contributed by atoms with E-state index in [9.17, 15) is 0 Å². The molecule has 9 aromatic carbocycles. The molecule has 0 aliphatic heterocycles. The van der Waals surface area contributed by atoms with Gasteiger partial charge in [-0.15, -0.1) is 0 Å². The number of nitrogens with zero attached hydrogens (tertiary/aromatic N) is 2. The Hall–Kier alpha value is -6.64. The summed E-state index contributed by atoms with van der Waals surface area (Å²) in [5.41, 5.74) is 12.5.